The minimum atomic E-state index is -1.10. The fourth-order valence-electron chi connectivity index (χ4n) is 1.47. The van der Waals surface area contributed by atoms with Crippen molar-refractivity contribution in [3.8, 4) is 0 Å². The lowest BCUT2D eigenvalue weighted by molar-refractivity contribution is -0.145. The van der Waals surface area contributed by atoms with Gasteiger partial charge in [-0.1, -0.05) is 30.3 Å². The number of hydrogen-bond donors (Lipinski definition) is 2. The third kappa shape index (κ3) is 7.15. The first-order valence-corrected chi connectivity index (χ1v) is 6.26. The number of benzene rings is 1. The molecule has 6 heteroatoms. The molecule has 108 valence electrons. The molecule has 0 radical (unpaired) electrons. The number of carboxylic acid groups (broad SMARTS) is 1. The van der Waals surface area contributed by atoms with Crippen LogP contribution in [-0.4, -0.2) is 29.5 Å². The van der Waals surface area contributed by atoms with Crippen molar-refractivity contribution >= 4 is 17.8 Å². The van der Waals surface area contributed by atoms with Crippen LogP contribution in [-0.2, 0) is 25.7 Å². The number of carbonyl (C=O) groups excluding carboxylic acids is 2. The molecule has 20 heavy (non-hydrogen) atoms. The Labute approximate surface area is 116 Å². The summed E-state index contributed by atoms with van der Waals surface area (Å²) in [5.74, 6) is -1.86. The highest BCUT2D eigenvalue weighted by atomic mass is 16.5. The van der Waals surface area contributed by atoms with Gasteiger partial charge in [0.2, 0.25) is 5.91 Å². The maximum Gasteiger partial charge on any atom is 0.322 e. The molecule has 0 unspecified atom stereocenters. The number of rotatable bonds is 8. The van der Waals surface area contributed by atoms with E-state index in [0.717, 1.165) is 5.56 Å². The van der Waals surface area contributed by atoms with E-state index in [1.165, 1.54) is 0 Å². The Bertz CT molecular complexity index is 458. The van der Waals surface area contributed by atoms with Gasteiger partial charge in [0.1, 0.15) is 13.2 Å². The Hall–Kier alpha value is -2.37. The molecule has 1 aromatic carbocycles. The van der Waals surface area contributed by atoms with Crippen molar-refractivity contribution in [3.63, 3.8) is 0 Å². The Morgan fingerprint density at radius 2 is 1.80 bits per heavy atom. The molecular formula is C14H17NO5. The molecular weight excluding hydrogens is 262 g/mol. The zero-order chi connectivity index (χ0) is 14.8. The summed E-state index contributed by atoms with van der Waals surface area (Å²) in [6, 6.07) is 9.30. The summed E-state index contributed by atoms with van der Waals surface area (Å²) in [6.45, 7) is -0.192. The van der Waals surface area contributed by atoms with Gasteiger partial charge < -0.3 is 15.2 Å². The number of ether oxygens (including phenoxy) is 1. The van der Waals surface area contributed by atoms with Crippen LogP contribution in [0.25, 0.3) is 0 Å². The Morgan fingerprint density at radius 1 is 1.10 bits per heavy atom. The molecule has 0 fully saturated rings. The third-order valence-corrected chi connectivity index (χ3v) is 2.46. The van der Waals surface area contributed by atoms with Crippen molar-refractivity contribution in [1.82, 2.24) is 5.32 Å². The zero-order valence-corrected chi connectivity index (χ0v) is 11.0. The SMILES string of the molecule is O=C(O)CNC(=O)CCCC(=O)OCc1ccccc1. The van der Waals surface area contributed by atoms with Gasteiger partial charge in [-0.2, -0.15) is 0 Å². The number of carbonyl (C=O) groups is 3. The summed E-state index contributed by atoms with van der Waals surface area (Å²) in [6.07, 6.45) is 0.570. The van der Waals surface area contributed by atoms with E-state index in [-0.39, 0.29) is 31.3 Å². The first-order chi connectivity index (χ1) is 9.58. The highest BCUT2D eigenvalue weighted by Crippen LogP contribution is 2.03. The van der Waals surface area contributed by atoms with E-state index in [9.17, 15) is 14.4 Å². The predicted molar refractivity (Wildman–Crippen MR) is 70.7 cm³/mol. The molecule has 0 saturated carbocycles. The van der Waals surface area contributed by atoms with E-state index in [4.69, 9.17) is 9.84 Å². The Kier molecular flexibility index (Phi) is 6.81. The molecule has 0 heterocycles. The van der Waals surface area contributed by atoms with Gasteiger partial charge >= 0.3 is 11.9 Å². The van der Waals surface area contributed by atoms with Crippen LogP contribution in [0.4, 0.5) is 0 Å². The van der Waals surface area contributed by atoms with Crippen molar-refractivity contribution < 1.29 is 24.2 Å². The van der Waals surface area contributed by atoms with Crippen molar-refractivity contribution in [2.45, 2.75) is 25.9 Å². The van der Waals surface area contributed by atoms with Crippen LogP contribution in [0.2, 0.25) is 0 Å². The van der Waals surface area contributed by atoms with E-state index < -0.39 is 12.5 Å². The van der Waals surface area contributed by atoms with Crippen molar-refractivity contribution in [2.24, 2.45) is 0 Å². The summed E-state index contributed by atoms with van der Waals surface area (Å²) < 4.78 is 5.04. The van der Waals surface area contributed by atoms with Gasteiger partial charge in [-0.3, -0.25) is 14.4 Å². The second-order valence-electron chi connectivity index (χ2n) is 4.17. The van der Waals surface area contributed by atoms with E-state index >= 15 is 0 Å². The van der Waals surface area contributed by atoms with Gasteiger partial charge in [0.05, 0.1) is 0 Å². The molecule has 0 aliphatic carbocycles. The average molecular weight is 279 g/mol. The van der Waals surface area contributed by atoms with Gasteiger partial charge in [0, 0.05) is 12.8 Å². The lowest BCUT2D eigenvalue weighted by atomic mass is 10.2. The monoisotopic (exact) mass is 279 g/mol. The second-order valence-corrected chi connectivity index (χ2v) is 4.17. The Morgan fingerprint density at radius 3 is 2.45 bits per heavy atom. The second kappa shape index (κ2) is 8.68. The number of hydrogen-bond acceptors (Lipinski definition) is 4. The maximum absolute atomic E-state index is 11.4. The maximum atomic E-state index is 11.4. The summed E-state index contributed by atoms with van der Waals surface area (Å²) >= 11 is 0. The van der Waals surface area contributed by atoms with E-state index in [2.05, 4.69) is 5.32 Å². The molecule has 1 aromatic rings. The first kappa shape index (κ1) is 15.7. The number of nitrogens with one attached hydrogen (secondary N) is 1. The van der Waals surface area contributed by atoms with E-state index in [1.807, 2.05) is 30.3 Å². The molecule has 1 rings (SSSR count). The number of aliphatic carboxylic acids is 1. The summed E-state index contributed by atoms with van der Waals surface area (Å²) in [7, 11) is 0. The number of carboxylic acids is 1. The molecule has 0 bridgehead atoms. The molecule has 0 saturated heterocycles. The van der Waals surface area contributed by atoms with Gasteiger partial charge in [0.15, 0.2) is 0 Å². The topological polar surface area (TPSA) is 92.7 Å². The van der Waals surface area contributed by atoms with E-state index in [0.29, 0.717) is 6.42 Å². The van der Waals surface area contributed by atoms with Crippen LogP contribution >= 0.6 is 0 Å². The Balaban J connectivity index is 2.11. The molecule has 2 N–H and O–H groups in total. The van der Waals surface area contributed by atoms with Crippen LogP contribution < -0.4 is 5.32 Å². The molecule has 0 atom stereocenters. The molecule has 0 aromatic heterocycles. The number of amides is 1. The quantitative estimate of drug-likeness (QED) is 0.695. The summed E-state index contributed by atoms with van der Waals surface area (Å²) in [5, 5.41) is 10.6. The lowest BCUT2D eigenvalue weighted by Gasteiger charge is -2.05. The lowest BCUT2D eigenvalue weighted by Crippen LogP contribution is -2.29. The van der Waals surface area contributed by atoms with Gasteiger partial charge in [0.25, 0.3) is 0 Å². The smallest absolute Gasteiger partial charge is 0.322 e. The fourth-order valence-corrected chi connectivity index (χ4v) is 1.47. The fraction of sp³-hybridized carbons (Fsp3) is 0.357. The zero-order valence-electron chi connectivity index (χ0n) is 11.0. The normalized spacial score (nSPS) is 9.80. The molecule has 6 nitrogen and oxygen atoms in total. The molecule has 0 spiro atoms. The predicted octanol–water partition coefficient (Wildman–Crippen LogP) is 1.10. The van der Waals surface area contributed by atoms with Gasteiger partial charge in [-0.05, 0) is 12.0 Å². The van der Waals surface area contributed by atoms with Crippen LogP contribution in [0, 0.1) is 0 Å². The minimum Gasteiger partial charge on any atom is -0.480 e. The third-order valence-electron chi connectivity index (χ3n) is 2.46. The van der Waals surface area contributed by atoms with Crippen LogP contribution in [0.5, 0.6) is 0 Å². The van der Waals surface area contributed by atoms with Crippen LogP contribution in [0.3, 0.4) is 0 Å². The largest absolute Gasteiger partial charge is 0.480 e. The van der Waals surface area contributed by atoms with Crippen molar-refractivity contribution in [2.75, 3.05) is 6.54 Å². The van der Waals surface area contributed by atoms with Crippen molar-refractivity contribution in [1.29, 1.82) is 0 Å². The minimum absolute atomic E-state index is 0.105. The number of esters is 1. The van der Waals surface area contributed by atoms with Crippen molar-refractivity contribution in [3.05, 3.63) is 35.9 Å². The summed E-state index contributed by atoms with van der Waals surface area (Å²) in [4.78, 5) is 32.8. The first-order valence-electron chi connectivity index (χ1n) is 6.26. The van der Waals surface area contributed by atoms with E-state index in [1.54, 1.807) is 0 Å². The standard InChI is InChI=1S/C14H17NO5/c16-12(15-9-13(17)18)7-4-8-14(19)20-10-11-5-2-1-3-6-11/h1-3,5-6H,4,7-10H2,(H,15,16)(H,17,18). The highest BCUT2D eigenvalue weighted by molar-refractivity contribution is 5.81. The van der Waals surface area contributed by atoms with Gasteiger partial charge in [-0.15, -0.1) is 0 Å². The molecule has 0 aliphatic rings. The highest BCUT2D eigenvalue weighted by Gasteiger charge is 2.07. The van der Waals surface area contributed by atoms with Crippen LogP contribution in [0.1, 0.15) is 24.8 Å². The average Bonchev–Trinajstić information content (AvgIpc) is 2.44. The summed E-state index contributed by atoms with van der Waals surface area (Å²) in [5.41, 5.74) is 0.903. The molecule has 1 amide bonds. The van der Waals surface area contributed by atoms with Crippen LogP contribution in [0.15, 0.2) is 30.3 Å². The molecule has 0 aliphatic heterocycles. The van der Waals surface area contributed by atoms with Gasteiger partial charge in [-0.25, -0.2) is 0 Å².